The summed E-state index contributed by atoms with van der Waals surface area (Å²) in [4.78, 5) is 2.66. The topological polar surface area (TPSA) is 48.3 Å². The first-order valence-corrected chi connectivity index (χ1v) is 13.1. The quantitative estimate of drug-likeness (QED) is 0.276. The number of aromatic nitrogens is 1. The molecule has 3 aromatic heterocycles. The molecule has 0 bridgehead atoms. The van der Waals surface area contributed by atoms with Crippen LogP contribution < -0.4 is 4.74 Å². The van der Waals surface area contributed by atoms with Crippen molar-refractivity contribution < 1.29 is 13.2 Å². The maximum atomic E-state index is 13.7. The third-order valence-electron chi connectivity index (χ3n) is 5.61. The zero-order chi connectivity index (χ0) is 21.9. The van der Waals surface area contributed by atoms with E-state index in [0.717, 1.165) is 20.9 Å². The summed E-state index contributed by atoms with van der Waals surface area (Å²) < 4.78 is 35.4. The lowest BCUT2D eigenvalue weighted by molar-refractivity contribution is 0.415. The molecule has 0 aliphatic carbocycles. The fraction of sp³-hybridized carbons (Fsp3) is 0.0400. The molecule has 0 unspecified atom stereocenters. The van der Waals surface area contributed by atoms with Crippen molar-refractivity contribution in [3.63, 3.8) is 0 Å². The highest BCUT2D eigenvalue weighted by Gasteiger charge is 2.24. The van der Waals surface area contributed by atoms with E-state index in [2.05, 4.69) is 23.6 Å². The second-order valence-corrected chi connectivity index (χ2v) is 11.3. The van der Waals surface area contributed by atoms with Crippen molar-refractivity contribution >= 4 is 64.6 Å². The summed E-state index contributed by atoms with van der Waals surface area (Å²) in [5, 5.41) is 4.91. The normalized spacial score (nSPS) is 12.2. The van der Waals surface area contributed by atoms with Gasteiger partial charge in [0, 0.05) is 25.2 Å². The number of thiophene rings is 2. The molecule has 0 fully saturated rings. The minimum Gasteiger partial charge on any atom is -0.497 e. The van der Waals surface area contributed by atoms with Gasteiger partial charge in [0.05, 0.1) is 23.0 Å². The number of benzene rings is 3. The van der Waals surface area contributed by atoms with E-state index in [1.54, 1.807) is 60.1 Å². The van der Waals surface area contributed by atoms with Crippen molar-refractivity contribution in [1.82, 2.24) is 3.97 Å². The Balaban J connectivity index is 1.72. The Hall–Kier alpha value is -3.13. The molecule has 3 heterocycles. The fourth-order valence-corrected chi connectivity index (χ4v) is 7.56. The highest BCUT2D eigenvalue weighted by atomic mass is 32.2. The summed E-state index contributed by atoms with van der Waals surface area (Å²) in [6.45, 7) is 0. The van der Waals surface area contributed by atoms with Gasteiger partial charge in [0.25, 0.3) is 10.0 Å². The Labute approximate surface area is 193 Å². The lowest BCUT2D eigenvalue weighted by Gasteiger charge is -2.09. The first-order chi connectivity index (χ1) is 15.6. The zero-order valence-electron chi connectivity index (χ0n) is 17.0. The predicted octanol–water partition coefficient (Wildman–Crippen LogP) is 6.98. The molecular formula is C25H17NO3S3. The van der Waals surface area contributed by atoms with Crippen LogP contribution in [0, 0.1) is 0 Å². The smallest absolute Gasteiger partial charge is 0.268 e. The zero-order valence-corrected chi connectivity index (χ0v) is 19.4. The van der Waals surface area contributed by atoms with Gasteiger partial charge in [0.1, 0.15) is 5.75 Å². The summed E-state index contributed by atoms with van der Waals surface area (Å²) in [6, 6.07) is 24.5. The lowest BCUT2D eigenvalue weighted by Crippen LogP contribution is -2.12. The molecule has 0 aliphatic heterocycles. The number of rotatable bonds is 4. The van der Waals surface area contributed by atoms with Gasteiger partial charge in [0.2, 0.25) is 0 Å². The molecule has 32 heavy (non-hydrogen) atoms. The Morgan fingerprint density at radius 3 is 2.38 bits per heavy atom. The van der Waals surface area contributed by atoms with Crippen molar-refractivity contribution in [2.24, 2.45) is 0 Å². The van der Waals surface area contributed by atoms with Gasteiger partial charge in [-0.1, -0.05) is 24.3 Å². The van der Waals surface area contributed by atoms with Gasteiger partial charge in [-0.3, -0.25) is 0 Å². The first kappa shape index (κ1) is 19.5. The SMILES string of the molecule is COc1ccc2c(c1)c1cc3cc(-c4cccs4)sc3cc1n2S(=O)(=O)c1ccccc1. The van der Waals surface area contributed by atoms with Gasteiger partial charge in [-0.15, -0.1) is 22.7 Å². The van der Waals surface area contributed by atoms with Crippen LogP contribution in [-0.4, -0.2) is 19.5 Å². The van der Waals surface area contributed by atoms with Crippen molar-refractivity contribution in [2.75, 3.05) is 7.11 Å². The average Bonchev–Trinajstić information content (AvgIpc) is 3.54. The second kappa shape index (κ2) is 7.20. The second-order valence-electron chi connectivity index (χ2n) is 7.46. The molecule has 0 spiro atoms. The van der Waals surface area contributed by atoms with Gasteiger partial charge in [-0.25, -0.2) is 12.4 Å². The van der Waals surface area contributed by atoms with Gasteiger partial charge < -0.3 is 4.74 Å². The summed E-state index contributed by atoms with van der Waals surface area (Å²) in [7, 11) is -2.17. The number of ether oxygens (including phenoxy) is 1. The van der Waals surface area contributed by atoms with Crippen LogP contribution in [0.2, 0.25) is 0 Å². The van der Waals surface area contributed by atoms with Gasteiger partial charge >= 0.3 is 0 Å². The Kier molecular flexibility index (Phi) is 4.40. The molecule has 4 nitrogen and oxygen atoms in total. The largest absolute Gasteiger partial charge is 0.497 e. The molecule has 0 aliphatic rings. The van der Waals surface area contributed by atoms with Crippen molar-refractivity contribution in [3.8, 4) is 15.5 Å². The fourth-order valence-electron chi connectivity index (χ4n) is 4.12. The van der Waals surface area contributed by atoms with Crippen LogP contribution in [0.1, 0.15) is 0 Å². The van der Waals surface area contributed by atoms with E-state index >= 15 is 0 Å². The van der Waals surface area contributed by atoms with E-state index in [0.29, 0.717) is 16.8 Å². The third kappa shape index (κ3) is 2.89. The van der Waals surface area contributed by atoms with Crippen LogP contribution in [0.4, 0.5) is 0 Å². The Morgan fingerprint density at radius 2 is 1.62 bits per heavy atom. The molecule has 0 saturated carbocycles. The van der Waals surface area contributed by atoms with Crippen LogP contribution in [-0.2, 0) is 10.0 Å². The van der Waals surface area contributed by atoms with Gasteiger partial charge in [-0.05, 0) is 65.4 Å². The van der Waals surface area contributed by atoms with Crippen molar-refractivity contribution in [3.05, 3.63) is 84.2 Å². The van der Waals surface area contributed by atoms with Crippen LogP contribution >= 0.6 is 22.7 Å². The number of hydrogen-bond donors (Lipinski definition) is 0. The molecule has 6 aromatic rings. The number of methoxy groups -OCH3 is 1. The highest BCUT2D eigenvalue weighted by molar-refractivity contribution is 7.90. The average molecular weight is 476 g/mol. The molecule has 158 valence electrons. The standard InChI is InChI=1S/C25H17NO3S3/c1-29-17-9-10-21-20(14-17)19-12-16-13-25(23-8-5-11-30-23)31-24(16)15-22(19)26(21)32(27,28)18-6-3-2-4-7-18/h2-15H,1H3. The Morgan fingerprint density at radius 1 is 0.812 bits per heavy atom. The van der Waals surface area contributed by atoms with E-state index < -0.39 is 10.0 Å². The lowest BCUT2D eigenvalue weighted by atomic mass is 10.1. The van der Waals surface area contributed by atoms with Crippen LogP contribution in [0.15, 0.2) is 89.1 Å². The predicted molar refractivity (Wildman–Crippen MR) is 134 cm³/mol. The molecule has 0 amide bonds. The summed E-state index contributed by atoms with van der Waals surface area (Å²) in [5.74, 6) is 0.693. The number of nitrogens with zero attached hydrogens (tertiary/aromatic N) is 1. The molecule has 3 aromatic carbocycles. The number of fused-ring (bicyclic) bond motifs is 4. The summed E-state index contributed by atoms with van der Waals surface area (Å²) in [5.41, 5.74) is 1.31. The molecule has 0 N–H and O–H groups in total. The van der Waals surface area contributed by atoms with Gasteiger partial charge in [-0.2, -0.15) is 0 Å². The third-order valence-corrected chi connectivity index (χ3v) is 9.52. The molecule has 7 heteroatoms. The first-order valence-electron chi connectivity index (χ1n) is 9.96. The van der Waals surface area contributed by atoms with Crippen molar-refractivity contribution in [2.45, 2.75) is 4.90 Å². The Bertz CT molecular complexity index is 1710. The number of hydrogen-bond acceptors (Lipinski definition) is 5. The maximum Gasteiger partial charge on any atom is 0.268 e. The van der Waals surface area contributed by atoms with Crippen LogP contribution in [0.3, 0.4) is 0 Å². The summed E-state index contributed by atoms with van der Waals surface area (Å²) >= 11 is 3.38. The molecule has 0 saturated heterocycles. The van der Waals surface area contributed by atoms with E-state index in [1.165, 1.54) is 13.7 Å². The van der Waals surface area contributed by atoms with E-state index in [-0.39, 0.29) is 4.90 Å². The molecule has 0 radical (unpaired) electrons. The van der Waals surface area contributed by atoms with E-state index in [4.69, 9.17) is 4.74 Å². The van der Waals surface area contributed by atoms with Crippen LogP contribution in [0.5, 0.6) is 5.75 Å². The molecular weight excluding hydrogens is 458 g/mol. The maximum absolute atomic E-state index is 13.7. The molecule has 0 atom stereocenters. The van der Waals surface area contributed by atoms with Gasteiger partial charge in [0.15, 0.2) is 0 Å². The summed E-state index contributed by atoms with van der Waals surface area (Å²) in [6.07, 6.45) is 0. The minimum absolute atomic E-state index is 0.264. The van der Waals surface area contributed by atoms with E-state index in [9.17, 15) is 8.42 Å². The highest BCUT2D eigenvalue weighted by Crippen LogP contribution is 2.41. The monoisotopic (exact) mass is 475 g/mol. The molecule has 6 rings (SSSR count). The van der Waals surface area contributed by atoms with Crippen LogP contribution in [0.25, 0.3) is 41.6 Å². The van der Waals surface area contributed by atoms with Crippen molar-refractivity contribution in [1.29, 1.82) is 0 Å². The van der Waals surface area contributed by atoms with E-state index in [1.807, 2.05) is 30.3 Å². The minimum atomic E-state index is -3.79.